The number of nitrogens with one attached hydrogen (secondary N) is 1. The molecule has 0 spiro atoms. The number of carbonyl (C=O) groups excluding carboxylic acids is 1. The molecule has 0 bridgehead atoms. The lowest BCUT2D eigenvalue weighted by Gasteiger charge is -2.09. The summed E-state index contributed by atoms with van der Waals surface area (Å²) in [5.41, 5.74) is 2.32. The molecule has 5 heteroatoms. The molecular formula is C15H14N2O3. The molecule has 1 amide bonds. The number of hydrogen-bond donors (Lipinski definition) is 2. The summed E-state index contributed by atoms with van der Waals surface area (Å²) >= 11 is 0. The molecule has 0 aliphatic heterocycles. The summed E-state index contributed by atoms with van der Waals surface area (Å²) in [4.78, 5) is 26.9. The standard InChI is InChI=1S/C15H14N2O3/c1-10-6-7-12(9-16-10)15(20)17-13-5-3-2-4-11(13)8-14(18)19/h2-7,9H,8H2,1H3,(H,17,20)(H,18,19). The number of carboxylic acids is 1. The van der Waals surface area contributed by atoms with Gasteiger partial charge in [0.25, 0.3) is 5.91 Å². The molecule has 0 saturated heterocycles. The topological polar surface area (TPSA) is 79.3 Å². The summed E-state index contributed by atoms with van der Waals surface area (Å²) in [7, 11) is 0. The van der Waals surface area contributed by atoms with Crippen LogP contribution in [-0.4, -0.2) is 22.0 Å². The van der Waals surface area contributed by atoms with E-state index in [4.69, 9.17) is 5.11 Å². The fourth-order valence-corrected chi connectivity index (χ4v) is 1.76. The summed E-state index contributed by atoms with van der Waals surface area (Å²) in [6.07, 6.45) is 1.35. The molecular weight excluding hydrogens is 256 g/mol. The average molecular weight is 270 g/mol. The normalized spacial score (nSPS) is 10.1. The number of anilines is 1. The minimum atomic E-state index is -0.941. The van der Waals surface area contributed by atoms with Crippen LogP contribution in [0.4, 0.5) is 5.69 Å². The molecule has 0 radical (unpaired) electrons. The van der Waals surface area contributed by atoms with Crippen LogP contribution >= 0.6 is 0 Å². The molecule has 20 heavy (non-hydrogen) atoms. The van der Waals surface area contributed by atoms with Gasteiger partial charge in [0.15, 0.2) is 0 Å². The Labute approximate surface area is 116 Å². The molecule has 0 fully saturated rings. The molecule has 102 valence electrons. The van der Waals surface area contributed by atoms with E-state index in [9.17, 15) is 9.59 Å². The van der Waals surface area contributed by atoms with Crippen molar-refractivity contribution in [3.8, 4) is 0 Å². The SMILES string of the molecule is Cc1ccc(C(=O)Nc2ccccc2CC(=O)O)cn1. The second kappa shape index (κ2) is 5.97. The van der Waals surface area contributed by atoms with Crippen molar-refractivity contribution in [2.75, 3.05) is 5.32 Å². The zero-order valence-electron chi connectivity index (χ0n) is 11.0. The van der Waals surface area contributed by atoms with Crippen molar-refractivity contribution in [2.45, 2.75) is 13.3 Å². The van der Waals surface area contributed by atoms with E-state index in [1.165, 1.54) is 6.20 Å². The third kappa shape index (κ3) is 3.41. The van der Waals surface area contributed by atoms with Crippen molar-refractivity contribution >= 4 is 17.6 Å². The van der Waals surface area contributed by atoms with Crippen LogP contribution in [0.1, 0.15) is 21.6 Å². The Morgan fingerprint density at radius 2 is 1.95 bits per heavy atom. The van der Waals surface area contributed by atoms with Gasteiger partial charge in [0.2, 0.25) is 0 Å². The Morgan fingerprint density at radius 3 is 2.60 bits per heavy atom. The summed E-state index contributed by atoms with van der Waals surface area (Å²) in [5.74, 6) is -1.25. The lowest BCUT2D eigenvalue weighted by atomic mass is 10.1. The molecule has 1 aromatic heterocycles. The smallest absolute Gasteiger partial charge is 0.307 e. The van der Waals surface area contributed by atoms with Gasteiger partial charge in [-0.25, -0.2) is 0 Å². The van der Waals surface area contributed by atoms with Gasteiger partial charge in [0.05, 0.1) is 12.0 Å². The zero-order chi connectivity index (χ0) is 14.5. The predicted octanol–water partition coefficient (Wildman–Crippen LogP) is 2.27. The summed E-state index contributed by atoms with van der Waals surface area (Å²) in [6.45, 7) is 1.84. The third-order valence-corrected chi connectivity index (χ3v) is 2.78. The van der Waals surface area contributed by atoms with E-state index in [-0.39, 0.29) is 12.3 Å². The van der Waals surface area contributed by atoms with E-state index in [1.807, 2.05) is 6.92 Å². The lowest BCUT2D eigenvalue weighted by Crippen LogP contribution is -2.14. The van der Waals surface area contributed by atoms with Crippen LogP contribution in [0.5, 0.6) is 0 Å². The van der Waals surface area contributed by atoms with Crippen LogP contribution in [0.25, 0.3) is 0 Å². The summed E-state index contributed by atoms with van der Waals surface area (Å²) in [6, 6.07) is 10.3. The van der Waals surface area contributed by atoms with Crippen molar-refractivity contribution in [3.05, 3.63) is 59.4 Å². The number of aryl methyl sites for hydroxylation is 1. The van der Waals surface area contributed by atoms with Crippen molar-refractivity contribution in [1.82, 2.24) is 4.98 Å². The first-order valence-electron chi connectivity index (χ1n) is 6.10. The number of benzene rings is 1. The number of para-hydroxylation sites is 1. The number of rotatable bonds is 4. The van der Waals surface area contributed by atoms with E-state index in [1.54, 1.807) is 36.4 Å². The Hall–Kier alpha value is -2.69. The van der Waals surface area contributed by atoms with E-state index in [2.05, 4.69) is 10.3 Å². The number of carboxylic acid groups (broad SMARTS) is 1. The van der Waals surface area contributed by atoms with Gasteiger partial charge in [0.1, 0.15) is 0 Å². The molecule has 0 aliphatic rings. The van der Waals surface area contributed by atoms with Crippen LogP contribution in [0.3, 0.4) is 0 Å². The number of hydrogen-bond acceptors (Lipinski definition) is 3. The van der Waals surface area contributed by atoms with Crippen LogP contribution < -0.4 is 5.32 Å². The highest BCUT2D eigenvalue weighted by Crippen LogP contribution is 2.16. The Bertz CT molecular complexity index is 636. The first-order valence-corrected chi connectivity index (χ1v) is 6.10. The van der Waals surface area contributed by atoms with Gasteiger partial charge in [-0.1, -0.05) is 18.2 Å². The van der Waals surface area contributed by atoms with Crippen LogP contribution in [0.15, 0.2) is 42.6 Å². The molecule has 0 atom stereocenters. The minimum Gasteiger partial charge on any atom is -0.481 e. The number of aliphatic carboxylic acids is 1. The van der Waals surface area contributed by atoms with Gasteiger partial charge in [-0.05, 0) is 30.7 Å². The minimum absolute atomic E-state index is 0.136. The molecule has 0 unspecified atom stereocenters. The molecule has 1 heterocycles. The maximum absolute atomic E-state index is 12.1. The van der Waals surface area contributed by atoms with Crippen molar-refractivity contribution in [2.24, 2.45) is 0 Å². The van der Waals surface area contributed by atoms with Gasteiger partial charge in [-0.15, -0.1) is 0 Å². The molecule has 0 saturated carbocycles. The second-order valence-corrected chi connectivity index (χ2v) is 4.37. The monoisotopic (exact) mass is 270 g/mol. The van der Waals surface area contributed by atoms with E-state index < -0.39 is 5.97 Å². The maximum Gasteiger partial charge on any atom is 0.307 e. The first-order chi connectivity index (χ1) is 9.56. The number of carbonyl (C=O) groups is 2. The Kier molecular flexibility index (Phi) is 4.10. The predicted molar refractivity (Wildman–Crippen MR) is 74.7 cm³/mol. The summed E-state index contributed by atoms with van der Waals surface area (Å²) < 4.78 is 0. The molecule has 5 nitrogen and oxygen atoms in total. The first kappa shape index (κ1) is 13.7. The third-order valence-electron chi connectivity index (χ3n) is 2.78. The molecule has 2 aromatic rings. The Morgan fingerprint density at radius 1 is 1.20 bits per heavy atom. The van der Waals surface area contributed by atoms with Crippen LogP contribution in [0, 0.1) is 6.92 Å². The fourth-order valence-electron chi connectivity index (χ4n) is 1.76. The van der Waals surface area contributed by atoms with E-state index in [0.29, 0.717) is 16.8 Å². The van der Waals surface area contributed by atoms with Crippen LogP contribution in [0.2, 0.25) is 0 Å². The lowest BCUT2D eigenvalue weighted by molar-refractivity contribution is -0.136. The van der Waals surface area contributed by atoms with E-state index in [0.717, 1.165) is 5.69 Å². The highest BCUT2D eigenvalue weighted by Gasteiger charge is 2.11. The fraction of sp³-hybridized carbons (Fsp3) is 0.133. The van der Waals surface area contributed by atoms with Crippen molar-refractivity contribution in [3.63, 3.8) is 0 Å². The Balaban J connectivity index is 2.19. The second-order valence-electron chi connectivity index (χ2n) is 4.37. The van der Waals surface area contributed by atoms with E-state index >= 15 is 0 Å². The van der Waals surface area contributed by atoms with Gasteiger partial charge in [0, 0.05) is 17.6 Å². The molecule has 0 aliphatic carbocycles. The van der Waals surface area contributed by atoms with Crippen molar-refractivity contribution in [1.29, 1.82) is 0 Å². The molecule has 2 rings (SSSR count). The number of nitrogens with zero attached hydrogens (tertiary/aromatic N) is 1. The maximum atomic E-state index is 12.1. The highest BCUT2D eigenvalue weighted by atomic mass is 16.4. The summed E-state index contributed by atoms with van der Waals surface area (Å²) in [5, 5.41) is 11.6. The van der Waals surface area contributed by atoms with Gasteiger partial charge in [-0.2, -0.15) is 0 Å². The van der Waals surface area contributed by atoms with Crippen LogP contribution in [-0.2, 0) is 11.2 Å². The average Bonchev–Trinajstić information content (AvgIpc) is 2.41. The number of aromatic nitrogens is 1. The van der Waals surface area contributed by atoms with Gasteiger partial charge >= 0.3 is 5.97 Å². The molecule has 1 aromatic carbocycles. The van der Waals surface area contributed by atoms with Gasteiger partial charge < -0.3 is 10.4 Å². The number of pyridine rings is 1. The van der Waals surface area contributed by atoms with Crippen molar-refractivity contribution < 1.29 is 14.7 Å². The quantitative estimate of drug-likeness (QED) is 0.893. The molecule has 2 N–H and O–H groups in total. The zero-order valence-corrected chi connectivity index (χ0v) is 11.0. The number of amides is 1. The highest BCUT2D eigenvalue weighted by molar-refractivity contribution is 6.04. The van der Waals surface area contributed by atoms with Gasteiger partial charge in [-0.3, -0.25) is 14.6 Å². The largest absolute Gasteiger partial charge is 0.481 e.